The van der Waals surface area contributed by atoms with Crippen LogP contribution in [-0.4, -0.2) is 34.9 Å². The number of thioether (sulfide) groups is 1. The van der Waals surface area contributed by atoms with E-state index in [2.05, 4.69) is 10.3 Å². The van der Waals surface area contributed by atoms with Crippen LogP contribution in [0.5, 0.6) is 11.5 Å². The number of para-hydroxylation sites is 2. The van der Waals surface area contributed by atoms with Crippen LogP contribution in [0.3, 0.4) is 0 Å². The summed E-state index contributed by atoms with van der Waals surface area (Å²) >= 11 is 1.53. The minimum Gasteiger partial charge on any atom is -0.490 e. The number of hydrogen-bond donors (Lipinski definition) is 1. The second kappa shape index (κ2) is 7.29. The molecule has 1 aliphatic heterocycles. The van der Waals surface area contributed by atoms with E-state index < -0.39 is 0 Å². The lowest BCUT2D eigenvalue weighted by Gasteiger charge is -2.11. The van der Waals surface area contributed by atoms with Crippen molar-refractivity contribution in [3.05, 3.63) is 42.5 Å². The van der Waals surface area contributed by atoms with Crippen LogP contribution in [0, 0.1) is 0 Å². The minimum absolute atomic E-state index is 0.113. The van der Waals surface area contributed by atoms with Crippen LogP contribution in [0.1, 0.15) is 6.42 Å². The summed E-state index contributed by atoms with van der Waals surface area (Å²) < 4.78 is 13.2. The average molecular weight is 369 g/mol. The third kappa shape index (κ3) is 3.35. The van der Waals surface area contributed by atoms with Crippen LogP contribution in [0.4, 0.5) is 5.69 Å². The largest absolute Gasteiger partial charge is 0.490 e. The first-order chi connectivity index (χ1) is 12.7. The number of amides is 1. The van der Waals surface area contributed by atoms with Crippen LogP contribution in [0.25, 0.3) is 11.0 Å². The lowest BCUT2D eigenvalue weighted by molar-refractivity contribution is -0.116. The van der Waals surface area contributed by atoms with Crippen LogP contribution in [0.2, 0.25) is 0 Å². The van der Waals surface area contributed by atoms with Crippen LogP contribution < -0.4 is 14.8 Å². The van der Waals surface area contributed by atoms with Crippen molar-refractivity contribution in [2.24, 2.45) is 0 Å². The van der Waals surface area contributed by atoms with E-state index in [0.717, 1.165) is 22.6 Å². The van der Waals surface area contributed by atoms with Gasteiger partial charge in [0.25, 0.3) is 0 Å². The first kappa shape index (κ1) is 16.8. The summed E-state index contributed by atoms with van der Waals surface area (Å²) in [6, 6.07) is 13.3. The van der Waals surface area contributed by atoms with E-state index in [1.54, 1.807) is 6.07 Å². The zero-order valence-electron chi connectivity index (χ0n) is 14.4. The highest BCUT2D eigenvalue weighted by molar-refractivity contribution is 7.98. The van der Waals surface area contributed by atoms with Crippen LogP contribution in [-0.2, 0) is 11.3 Å². The van der Waals surface area contributed by atoms with Gasteiger partial charge in [-0.2, -0.15) is 0 Å². The van der Waals surface area contributed by atoms with Gasteiger partial charge in [-0.3, -0.25) is 4.79 Å². The zero-order valence-corrected chi connectivity index (χ0v) is 15.2. The van der Waals surface area contributed by atoms with Crippen molar-refractivity contribution in [1.29, 1.82) is 0 Å². The molecule has 0 aliphatic carbocycles. The molecule has 1 aliphatic rings. The summed E-state index contributed by atoms with van der Waals surface area (Å²) in [5, 5.41) is 3.75. The molecule has 26 heavy (non-hydrogen) atoms. The quantitative estimate of drug-likeness (QED) is 0.713. The van der Waals surface area contributed by atoms with E-state index in [0.29, 0.717) is 30.4 Å². The van der Waals surface area contributed by atoms with Crippen molar-refractivity contribution >= 4 is 34.4 Å². The molecule has 1 amide bonds. The third-order valence-corrected chi connectivity index (χ3v) is 4.81. The van der Waals surface area contributed by atoms with Gasteiger partial charge in [-0.25, -0.2) is 4.98 Å². The van der Waals surface area contributed by atoms with E-state index in [1.807, 2.05) is 47.2 Å². The van der Waals surface area contributed by atoms with Crippen molar-refractivity contribution in [2.45, 2.75) is 18.1 Å². The fourth-order valence-corrected chi connectivity index (χ4v) is 3.52. The molecule has 0 radical (unpaired) electrons. The minimum atomic E-state index is -0.113. The number of benzene rings is 2. The second-order valence-corrected chi connectivity index (χ2v) is 6.71. The smallest absolute Gasteiger partial charge is 0.244 e. The highest BCUT2D eigenvalue weighted by Crippen LogP contribution is 2.32. The highest BCUT2D eigenvalue weighted by atomic mass is 32.2. The second-order valence-electron chi connectivity index (χ2n) is 5.93. The van der Waals surface area contributed by atoms with E-state index in [4.69, 9.17) is 9.47 Å². The molecule has 0 spiro atoms. The van der Waals surface area contributed by atoms with Crippen molar-refractivity contribution < 1.29 is 14.3 Å². The summed E-state index contributed by atoms with van der Waals surface area (Å²) in [4.78, 5) is 17.2. The number of hydrogen-bond acceptors (Lipinski definition) is 5. The first-order valence-corrected chi connectivity index (χ1v) is 9.66. The number of imidazole rings is 1. The number of carbonyl (C=O) groups is 1. The molecule has 7 heteroatoms. The fourth-order valence-electron chi connectivity index (χ4n) is 2.95. The standard InChI is InChI=1S/C19H19N3O3S/c1-26-19-21-14-5-2-3-6-15(14)22(19)12-18(23)20-13-7-8-16-17(11-13)25-10-4-9-24-16/h2-3,5-8,11H,4,9-10,12H2,1H3,(H,20,23). The van der Waals surface area contributed by atoms with E-state index in [1.165, 1.54) is 11.8 Å². The number of nitrogens with zero attached hydrogens (tertiary/aromatic N) is 2. The van der Waals surface area contributed by atoms with Gasteiger partial charge >= 0.3 is 0 Å². The number of rotatable bonds is 4. The summed E-state index contributed by atoms with van der Waals surface area (Å²) in [5.74, 6) is 1.27. The maximum absolute atomic E-state index is 12.6. The Kier molecular flexibility index (Phi) is 4.71. The summed E-state index contributed by atoms with van der Waals surface area (Å²) in [7, 11) is 0. The lowest BCUT2D eigenvalue weighted by atomic mass is 10.2. The Balaban J connectivity index is 1.54. The molecule has 1 N–H and O–H groups in total. The van der Waals surface area contributed by atoms with Gasteiger partial charge in [0.15, 0.2) is 16.7 Å². The Labute approximate surface area is 155 Å². The maximum Gasteiger partial charge on any atom is 0.244 e. The van der Waals surface area contributed by atoms with Crippen molar-refractivity contribution in [3.63, 3.8) is 0 Å². The Morgan fingerprint density at radius 1 is 1.19 bits per heavy atom. The SMILES string of the molecule is CSc1nc2ccccc2n1CC(=O)Nc1ccc2c(c1)OCCCO2. The molecular formula is C19H19N3O3S. The average Bonchev–Trinajstić information content (AvgIpc) is 2.83. The Bertz CT molecular complexity index is 954. The van der Waals surface area contributed by atoms with Gasteiger partial charge in [-0.1, -0.05) is 23.9 Å². The van der Waals surface area contributed by atoms with Crippen LogP contribution in [0.15, 0.2) is 47.6 Å². The Hall–Kier alpha value is -2.67. The van der Waals surface area contributed by atoms with Crippen molar-refractivity contribution in [3.8, 4) is 11.5 Å². The summed E-state index contributed by atoms with van der Waals surface area (Å²) in [5.41, 5.74) is 2.53. The normalized spacial score (nSPS) is 13.4. The molecule has 0 saturated heterocycles. The van der Waals surface area contributed by atoms with Gasteiger partial charge in [0.1, 0.15) is 6.54 Å². The van der Waals surface area contributed by atoms with Gasteiger partial charge in [-0.05, 0) is 30.5 Å². The molecule has 3 aromatic rings. The lowest BCUT2D eigenvalue weighted by Crippen LogP contribution is -2.19. The van der Waals surface area contributed by atoms with E-state index in [9.17, 15) is 4.79 Å². The van der Waals surface area contributed by atoms with Crippen molar-refractivity contribution in [2.75, 3.05) is 24.8 Å². The topological polar surface area (TPSA) is 65.4 Å². The molecule has 2 heterocycles. The van der Waals surface area contributed by atoms with E-state index >= 15 is 0 Å². The predicted molar refractivity (Wildman–Crippen MR) is 102 cm³/mol. The molecule has 1 aromatic heterocycles. The Morgan fingerprint density at radius 2 is 2.00 bits per heavy atom. The number of nitrogens with one attached hydrogen (secondary N) is 1. The van der Waals surface area contributed by atoms with Gasteiger partial charge in [-0.15, -0.1) is 0 Å². The fraction of sp³-hybridized carbons (Fsp3) is 0.263. The maximum atomic E-state index is 12.6. The third-order valence-electron chi connectivity index (χ3n) is 4.14. The first-order valence-electron chi connectivity index (χ1n) is 8.43. The molecular weight excluding hydrogens is 350 g/mol. The van der Waals surface area contributed by atoms with E-state index in [-0.39, 0.29) is 12.5 Å². The molecule has 6 nitrogen and oxygen atoms in total. The van der Waals surface area contributed by atoms with Gasteiger partial charge < -0.3 is 19.4 Å². The number of aromatic nitrogens is 2. The van der Waals surface area contributed by atoms with Gasteiger partial charge in [0.2, 0.25) is 5.91 Å². The number of ether oxygens (including phenoxy) is 2. The van der Waals surface area contributed by atoms with Gasteiger partial charge in [0, 0.05) is 18.2 Å². The predicted octanol–water partition coefficient (Wildman–Crippen LogP) is 3.56. The molecule has 4 rings (SSSR count). The van der Waals surface area contributed by atoms with Crippen molar-refractivity contribution in [1.82, 2.24) is 9.55 Å². The molecule has 0 unspecified atom stereocenters. The number of carbonyl (C=O) groups excluding carboxylic acids is 1. The monoisotopic (exact) mass is 369 g/mol. The molecule has 0 saturated carbocycles. The zero-order chi connectivity index (χ0) is 17.9. The van der Waals surface area contributed by atoms with Gasteiger partial charge in [0.05, 0.1) is 24.2 Å². The highest BCUT2D eigenvalue weighted by Gasteiger charge is 2.15. The molecule has 0 atom stereocenters. The molecule has 0 bridgehead atoms. The number of anilines is 1. The summed E-state index contributed by atoms with van der Waals surface area (Å²) in [6.45, 7) is 1.46. The molecule has 134 valence electrons. The molecule has 2 aromatic carbocycles. The summed E-state index contributed by atoms with van der Waals surface area (Å²) in [6.07, 6.45) is 2.81. The number of fused-ring (bicyclic) bond motifs is 2. The molecule has 0 fully saturated rings. The van der Waals surface area contributed by atoms with Crippen LogP contribution >= 0.6 is 11.8 Å². The Morgan fingerprint density at radius 3 is 2.85 bits per heavy atom.